The number of H-pyrrole nitrogens is 2. The van der Waals surface area contributed by atoms with Gasteiger partial charge in [-0.2, -0.15) is 8.42 Å². The Balaban J connectivity index is 0.000000175. The topological polar surface area (TPSA) is 603 Å². The lowest BCUT2D eigenvalue weighted by Crippen LogP contribution is -2.81. The quantitative estimate of drug-likeness (QED) is 0.0240. The zero-order chi connectivity index (χ0) is 100. The second-order valence-corrected chi connectivity index (χ2v) is 39.1. The maximum absolute atomic E-state index is 15.2. The van der Waals surface area contributed by atoms with Crippen LogP contribution >= 0.6 is 0 Å². The number of carbonyl (C=O) groups is 9. The first-order valence-electron chi connectivity index (χ1n) is 45.6. The van der Waals surface area contributed by atoms with Crippen molar-refractivity contribution >= 4 is 97.2 Å². The van der Waals surface area contributed by atoms with Crippen LogP contribution in [0.5, 0.6) is 11.5 Å². The Kier molecular flexibility index (Phi) is 28.0. The Morgan fingerprint density at radius 2 is 0.993 bits per heavy atom. The normalized spacial score (nSPS) is 32.9. The number of anilines is 2. The smallest absolute Gasteiger partial charge is 0.394 e. The first kappa shape index (κ1) is 102. The molecule has 0 radical (unpaired) electrons. The summed E-state index contributed by atoms with van der Waals surface area (Å²) < 4.78 is 67.7. The number of esters is 4. The second kappa shape index (κ2) is 37.6. The van der Waals surface area contributed by atoms with Gasteiger partial charge in [-0.3, -0.25) is 47.9 Å². The largest absolute Gasteiger partial charge is 0.496 e. The molecule has 1 amide bonds. The van der Waals surface area contributed by atoms with E-state index in [1.165, 1.54) is 33.8 Å². The highest BCUT2D eigenvalue weighted by atomic mass is 32.3. The predicted molar refractivity (Wildman–Crippen MR) is 491 cm³/mol. The minimum Gasteiger partial charge on any atom is -0.496 e. The molecule has 744 valence electrons. The van der Waals surface area contributed by atoms with Crippen LogP contribution in [0.3, 0.4) is 0 Å². The lowest BCUT2D eigenvalue weighted by Gasteiger charge is -2.63. The predicted octanol–water partition coefficient (Wildman–Crippen LogP) is 2.59. The Bertz CT molecular complexity index is 5900. The molecule has 10 aliphatic heterocycles. The number of piperidine rings is 1. The fourth-order valence-electron chi connectivity index (χ4n) is 26.4. The summed E-state index contributed by atoms with van der Waals surface area (Å²) in [5.74, 6) is -9.39. The fourth-order valence-corrected chi connectivity index (χ4v) is 26.4. The van der Waals surface area contributed by atoms with E-state index in [9.17, 15) is 54.0 Å². The molecular weight excluding hydrogens is 1810 g/mol. The van der Waals surface area contributed by atoms with Gasteiger partial charge in [-0.15, -0.1) is 0 Å². The molecule has 4 unspecified atom stereocenters. The zero-order valence-corrected chi connectivity index (χ0v) is 79.1. The van der Waals surface area contributed by atoms with Crippen molar-refractivity contribution in [3.8, 4) is 11.5 Å². The Morgan fingerprint density at radius 3 is 1.43 bits per heavy atom. The van der Waals surface area contributed by atoms with Gasteiger partial charge >= 0.3 is 58.2 Å². The van der Waals surface area contributed by atoms with Crippen LogP contribution in [0.4, 0.5) is 11.4 Å². The van der Waals surface area contributed by atoms with Crippen molar-refractivity contribution in [2.75, 3.05) is 118 Å². The number of para-hydroxylation sites is 2. The van der Waals surface area contributed by atoms with Gasteiger partial charge in [-0.1, -0.05) is 100 Å². The molecule has 23 atom stereocenters. The van der Waals surface area contributed by atoms with E-state index in [4.69, 9.17) is 92.5 Å². The van der Waals surface area contributed by atoms with Gasteiger partial charge in [0, 0.05) is 175 Å². The molecule has 12 heterocycles. The molecule has 18 rings (SSSR count). The maximum atomic E-state index is 15.2. The minimum atomic E-state index is -4.67. The van der Waals surface area contributed by atoms with E-state index in [0.29, 0.717) is 120 Å². The van der Waals surface area contributed by atoms with E-state index in [2.05, 4.69) is 85.1 Å². The molecule has 5 fully saturated rings. The molecule has 2 spiro atoms. The molecule has 18 N–H and O–H groups in total. The maximum Gasteiger partial charge on any atom is 0.394 e. The van der Waals surface area contributed by atoms with Crippen LogP contribution in [0.1, 0.15) is 137 Å². The number of likely N-dealkylation sites (N-methyl/N-ethyl adjacent to an activating group) is 2. The third-order valence-electron chi connectivity index (χ3n) is 31.6. The molecule has 3 saturated heterocycles. The van der Waals surface area contributed by atoms with Crippen LogP contribution in [0.25, 0.3) is 21.8 Å². The fraction of sp³-hybridized carbons (Fsp3) is 0.552. The Labute approximate surface area is 789 Å². The van der Waals surface area contributed by atoms with Crippen molar-refractivity contribution in [3.05, 3.63) is 154 Å². The van der Waals surface area contributed by atoms with Gasteiger partial charge in [0.25, 0.3) is 5.91 Å². The van der Waals surface area contributed by atoms with Crippen LogP contribution in [0.15, 0.2) is 109 Å². The summed E-state index contributed by atoms with van der Waals surface area (Å²) >= 11 is 0. The van der Waals surface area contributed by atoms with E-state index < -0.39 is 156 Å². The first-order chi connectivity index (χ1) is 64.6. The molecule has 41 heteroatoms. The summed E-state index contributed by atoms with van der Waals surface area (Å²) in [6.45, 7) is 16.6. The van der Waals surface area contributed by atoms with Crippen LogP contribution in [0.2, 0.25) is 0 Å². The average Bonchev–Trinajstić information content (AvgIpc) is 1.48. The van der Waals surface area contributed by atoms with Gasteiger partial charge in [-0.25, -0.2) is 24.0 Å². The lowest BCUT2D eigenvalue weighted by atomic mass is 9.47. The Morgan fingerprint density at radius 1 is 0.547 bits per heavy atom. The molecule has 40 nitrogen and oxygen atoms in total. The van der Waals surface area contributed by atoms with E-state index in [1.807, 2.05) is 99.3 Å². The summed E-state index contributed by atoms with van der Waals surface area (Å²) in [6, 6.07) is 22.2. The number of aromatic amines is 2. The number of primary amides is 1. The lowest BCUT2D eigenvalue weighted by molar-refractivity contribution is -0.228. The number of carboxylic acids is 4. The van der Waals surface area contributed by atoms with Gasteiger partial charge in [0.05, 0.1) is 53.2 Å². The number of rotatable bonds is 19. The number of nitrogens with zero attached hydrogens (tertiary/aromatic N) is 6. The molecule has 137 heavy (non-hydrogen) atoms. The van der Waals surface area contributed by atoms with Gasteiger partial charge < -0.3 is 115 Å². The molecule has 4 bridgehead atoms. The molecule has 2 aromatic heterocycles. The van der Waals surface area contributed by atoms with E-state index in [0.717, 1.165) is 99.4 Å². The number of aliphatic hydroxyl groups is 8. The summed E-state index contributed by atoms with van der Waals surface area (Å²) in [6.07, 6.45) is 4.39. The number of fused-ring (bicyclic) bond motifs is 12. The van der Waals surface area contributed by atoms with E-state index >= 15 is 9.59 Å². The van der Waals surface area contributed by atoms with Crippen LogP contribution in [-0.4, -0.2) is 348 Å². The van der Waals surface area contributed by atoms with Crippen molar-refractivity contribution in [1.29, 1.82) is 0 Å². The molecular formula is C96H123N9O31S. The number of methoxy groups -OCH3 is 5. The number of hydrogen-bond acceptors (Lipinski definition) is 31. The number of nitrogens with one attached hydrogen (secondary N) is 2. The third-order valence-corrected chi connectivity index (χ3v) is 31.6. The van der Waals surface area contributed by atoms with Gasteiger partial charge in [0.1, 0.15) is 28.4 Å². The summed E-state index contributed by atoms with van der Waals surface area (Å²) in [4.78, 5) is 131. The minimum absolute atomic E-state index is 0.0284. The van der Waals surface area contributed by atoms with Crippen molar-refractivity contribution < 1.29 is 150 Å². The molecule has 2 aliphatic carbocycles. The highest BCUT2D eigenvalue weighted by Crippen LogP contribution is 2.71. The standard InChI is InChI=1S/C45H54N4O8.C43H55N5O7.2C4H6O6.H2O4S/c1-8-27-19-28-22-44(40(51)55-6,36-30(25-48(23-27)24-28)29-13-10-11-14-33(29)46-36)32-20-31-34(21-35(32)54-5)47(4)38-43(31)16-18-49-17-12-15-42(9-2,37(43)49)39(57-26(3)50)45(38,53)41(52)56-7;1-6-39(52)21-25-22-42(38(51)55-5,33-27(13-17-47(23-25)24-39)26-11-8-9-12-30(26)45-33)29-19-28-31(20-32(29)54-4)46(3)35-41(28)15-18-48-16-10-14-40(7-2,34(41)48)36(49)43(35,53)37(44)50;2*5-1(3(7)8)2(6)4(9)10;1-5(2,3)4/h10-15,19-21,28,37-39,46,53H,8-9,16-18,22-25H2,1-7H3;8-12,14,19-20,25,34-36,45,49,52-53H,6-7,13,15-18,21-24H2,1-5H3,(H2,44,50);2*1-2,5-6H,(H,7,8)(H,9,10);(H2,1,2,3,4)/t28-,37-,38+,39+,42+,43+,44-,45-;25-,34+,35-,36-,39+,40-,41-,42+,43+;;;/m01.../s1. The number of carboxylic acid groups (broad SMARTS) is 4. The zero-order valence-electron chi connectivity index (χ0n) is 78.3. The van der Waals surface area contributed by atoms with Crippen LogP contribution in [-0.2, 0) is 107 Å². The number of nitrogens with two attached hydrogens (primary N) is 1. The average molecular weight is 1930 g/mol. The first-order valence-corrected chi connectivity index (χ1v) is 47.0. The number of amides is 1. The number of benzene rings is 4. The Hall–Kier alpha value is -11.0. The number of aliphatic carboxylic acids is 4. The summed E-state index contributed by atoms with van der Waals surface area (Å²) in [5.41, 5.74) is 5.77. The number of aromatic nitrogens is 2. The molecule has 4 aromatic carbocycles. The molecule has 6 aromatic rings. The molecule has 12 aliphatic rings. The highest BCUT2D eigenvalue weighted by Gasteiger charge is 2.82. The third kappa shape index (κ3) is 16.1. The number of aliphatic hydroxyl groups excluding tert-OH is 5. The van der Waals surface area contributed by atoms with Crippen LogP contribution in [0, 0.1) is 22.7 Å². The van der Waals surface area contributed by atoms with Crippen molar-refractivity contribution in [2.24, 2.45) is 28.4 Å². The molecule has 2 saturated carbocycles. The number of hydrogen-bond donors (Lipinski definition) is 17. The van der Waals surface area contributed by atoms with E-state index in [-0.39, 0.29) is 29.9 Å². The van der Waals surface area contributed by atoms with Gasteiger partial charge in [0.2, 0.25) is 5.60 Å². The summed E-state index contributed by atoms with van der Waals surface area (Å²) in [7, 11) is 6.45. The van der Waals surface area contributed by atoms with E-state index in [1.54, 1.807) is 14.2 Å². The SMILES string of the molecule is CCC1=C[C@@H]2C[N@](C1)Cc1c([nH]c3ccccc13)[C@@](C(=O)OC)(c1cc3c(cc1OC)N(C)[C@H]1[C@@](O)(C(=O)OC)[C@H](OC(C)=O)[C@]4(CC)C=CCN5CC[C@]31[C@@H]54)C2.CC[C@]1(O)C[C@H]2C[N@](CCc3c([nH]c4ccccc34)[C@@](C(=O)OC)(c3cc4c(cc3OC)N(C)[C@H]3[C@@](O)(C(N)=O)[C@H](O)[C@]5(CC)C=CCN6CC[C@]43[C@@H]65)C2)C1.O=C(O)C(O)C(O)C(=O)O.O=C(O)C(O)C(O)C(=O)O.O=S(=O)(O)O. The van der Waals surface area contributed by atoms with Crippen molar-refractivity contribution in [1.82, 2.24) is 29.6 Å². The van der Waals surface area contributed by atoms with Gasteiger partial charge in [-0.05, 0) is 136 Å². The number of carbonyl (C=O) groups excluding carboxylic acids is 5. The van der Waals surface area contributed by atoms with Gasteiger partial charge in [0.15, 0.2) is 36.1 Å². The monoisotopic (exact) mass is 1930 g/mol. The highest BCUT2D eigenvalue weighted by molar-refractivity contribution is 7.79. The van der Waals surface area contributed by atoms with Crippen molar-refractivity contribution in [2.45, 2.75) is 205 Å². The summed E-state index contributed by atoms with van der Waals surface area (Å²) in [5, 5.41) is 117. The number of ether oxygens (including phenoxy) is 6. The van der Waals surface area contributed by atoms with Crippen molar-refractivity contribution in [3.63, 3.8) is 0 Å². The van der Waals surface area contributed by atoms with Crippen LogP contribution < -0.4 is 25.0 Å². The second-order valence-electron chi connectivity index (χ2n) is 38.2.